The number of hydrogen-bond acceptors (Lipinski definition) is 3. The number of para-hydroxylation sites is 1. The molecular weight excluding hydrogens is 350 g/mol. The summed E-state index contributed by atoms with van der Waals surface area (Å²) in [5.41, 5.74) is 2.49. The van der Waals surface area contributed by atoms with E-state index >= 15 is 0 Å². The van der Waals surface area contributed by atoms with Crippen molar-refractivity contribution in [3.05, 3.63) is 83.8 Å². The second kappa shape index (κ2) is 10.00. The number of methoxy groups -OCH3 is 1. The maximum atomic E-state index is 5.80. The highest BCUT2D eigenvalue weighted by atomic mass is 16.5. The maximum Gasteiger partial charge on any atom is 0.157 e. The fourth-order valence-electron chi connectivity index (χ4n) is 3.46. The number of ether oxygens (including phenoxy) is 2. The van der Waals surface area contributed by atoms with Crippen molar-refractivity contribution in [3.8, 4) is 11.5 Å². The number of rotatable bonds is 10. The van der Waals surface area contributed by atoms with Crippen molar-refractivity contribution in [2.24, 2.45) is 0 Å². The summed E-state index contributed by atoms with van der Waals surface area (Å²) in [6, 6.07) is 20.7. The van der Waals surface area contributed by atoms with E-state index in [1.807, 2.05) is 38.1 Å². The summed E-state index contributed by atoms with van der Waals surface area (Å²) in [5, 5.41) is 2.29. The van der Waals surface area contributed by atoms with Gasteiger partial charge in [-0.2, -0.15) is 0 Å². The van der Waals surface area contributed by atoms with E-state index in [1.54, 1.807) is 13.4 Å². The minimum absolute atomic E-state index is 0.173. The molecular formula is C24H30NO3+. The van der Waals surface area contributed by atoms with Crippen LogP contribution < -0.4 is 14.8 Å². The lowest BCUT2D eigenvalue weighted by molar-refractivity contribution is -0.672. The lowest BCUT2D eigenvalue weighted by Crippen LogP contribution is -2.82. The number of furan rings is 1. The molecule has 2 N–H and O–H groups in total. The topological polar surface area (TPSA) is 48.2 Å². The fraction of sp³-hybridized carbons (Fsp3) is 0.333. The number of nitrogens with two attached hydrogens (primary N) is 1. The number of hydrogen-bond donors (Lipinski definition) is 1. The molecule has 0 spiro atoms. The molecule has 0 aliphatic heterocycles. The lowest BCUT2D eigenvalue weighted by Gasteiger charge is -2.20. The zero-order valence-corrected chi connectivity index (χ0v) is 16.9. The van der Waals surface area contributed by atoms with Gasteiger partial charge in [0.25, 0.3) is 0 Å². The van der Waals surface area contributed by atoms with E-state index in [1.165, 1.54) is 11.1 Å². The number of quaternary nitrogens is 1. The zero-order valence-electron chi connectivity index (χ0n) is 16.9. The van der Waals surface area contributed by atoms with Gasteiger partial charge in [0.2, 0.25) is 0 Å². The molecule has 0 fully saturated rings. The summed E-state index contributed by atoms with van der Waals surface area (Å²) in [6.07, 6.45) is 2.90. The maximum absolute atomic E-state index is 5.80. The predicted molar refractivity (Wildman–Crippen MR) is 111 cm³/mol. The lowest BCUT2D eigenvalue weighted by atomic mass is 9.88. The molecule has 4 heteroatoms. The van der Waals surface area contributed by atoms with Crippen LogP contribution in [0.25, 0.3) is 0 Å². The minimum Gasteiger partial charge on any atom is -0.496 e. The normalized spacial score (nSPS) is 12.1. The quantitative estimate of drug-likeness (QED) is 0.532. The van der Waals surface area contributed by atoms with Crippen LogP contribution in [0.2, 0.25) is 0 Å². The molecule has 1 atom stereocenters. The van der Waals surface area contributed by atoms with E-state index in [0.29, 0.717) is 0 Å². The average molecular weight is 381 g/mol. The third kappa shape index (κ3) is 5.40. The van der Waals surface area contributed by atoms with Crippen molar-refractivity contribution in [2.45, 2.75) is 38.8 Å². The van der Waals surface area contributed by atoms with Crippen molar-refractivity contribution in [3.63, 3.8) is 0 Å². The first-order valence-corrected chi connectivity index (χ1v) is 9.91. The molecule has 148 valence electrons. The molecule has 0 amide bonds. The van der Waals surface area contributed by atoms with E-state index in [9.17, 15) is 0 Å². The average Bonchev–Trinajstić information content (AvgIpc) is 3.22. The highest BCUT2D eigenvalue weighted by molar-refractivity contribution is 5.43. The molecule has 0 unspecified atom stereocenters. The van der Waals surface area contributed by atoms with E-state index in [2.05, 4.69) is 41.7 Å². The molecule has 0 aliphatic carbocycles. The highest BCUT2D eigenvalue weighted by Crippen LogP contribution is 2.34. The Balaban J connectivity index is 1.75. The molecule has 0 bridgehead atoms. The standard InChI is InChI=1S/C24H29NO3/c1-18(2)28-20-12-10-19(11-13-20)22(23-8-4-5-9-24(23)26-3)14-15-25-17-21-7-6-16-27-21/h4-13,16,18,22,25H,14-15,17H2,1-3H3/p+1/t22-/m0/s1. The van der Waals surface area contributed by atoms with Crippen LogP contribution in [0.1, 0.15) is 43.1 Å². The summed E-state index contributed by atoms with van der Waals surface area (Å²) in [7, 11) is 1.73. The van der Waals surface area contributed by atoms with Crippen molar-refractivity contribution in [2.75, 3.05) is 13.7 Å². The van der Waals surface area contributed by atoms with Crippen LogP contribution in [0.15, 0.2) is 71.3 Å². The van der Waals surface area contributed by atoms with E-state index in [-0.39, 0.29) is 12.0 Å². The van der Waals surface area contributed by atoms with Crippen LogP contribution >= 0.6 is 0 Å². The Kier molecular flexibility index (Phi) is 7.15. The van der Waals surface area contributed by atoms with Crippen LogP contribution in [-0.4, -0.2) is 19.8 Å². The summed E-state index contributed by atoms with van der Waals surface area (Å²) >= 11 is 0. The summed E-state index contributed by atoms with van der Waals surface area (Å²) in [4.78, 5) is 0. The molecule has 2 aromatic carbocycles. The van der Waals surface area contributed by atoms with Gasteiger partial charge in [0.15, 0.2) is 5.76 Å². The SMILES string of the molecule is COc1ccccc1[C@@H](CC[NH2+]Cc1ccco1)c1ccc(OC(C)C)cc1. The highest BCUT2D eigenvalue weighted by Gasteiger charge is 2.19. The van der Waals surface area contributed by atoms with Crippen LogP contribution in [-0.2, 0) is 6.54 Å². The van der Waals surface area contributed by atoms with Gasteiger partial charge in [-0.3, -0.25) is 0 Å². The molecule has 4 nitrogen and oxygen atoms in total. The smallest absolute Gasteiger partial charge is 0.157 e. The minimum atomic E-state index is 0.173. The summed E-state index contributed by atoms with van der Waals surface area (Å²) in [5.74, 6) is 3.10. The summed E-state index contributed by atoms with van der Waals surface area (Å²) < 4.78 is 16.9. The molecule has 1 aromatic heterocycles. The van der Waals surface area contributed by atoms with Crippen LogP contribution in [0, 0.1) is 0 Å². The Morgan fingerprint density at radius 2 is 1.75 bits per heavy atom. The first kappa shape index (κ1) is 20.0. The van der Waals surface area contributed by atoms with Gasteiger partial charge < -0.3 is 19.2 Å². The molecule has 3 aromatic rings. The van der Waals surface area contributed by atoms with Gasteiger partial charge >= 0.3 is 0 Å². The molecule has 0 aliphatic rings. The van der Waals surface area contributed by atoms with Crippen LogP contribution in [0.3, 0.4) is 0 Å². The van der Waals surface area contributed by atoms with Gasteiger partial charge in [-0.15, -0.1) is 0 Å². The number of benzene rings is 2. The van der Waals surface area contributed by atoms with E-state index in [4.69, 9.17) is 13.9 Å². The molecule has 0 radical (unpaired) electrons. The monoisotopic (exact) mass is 380 g/mol. The van der Waals surface area contributed by atoms with Crippen molar-refractivity contribution < 1.29 is 19.2 Å². The largest absolute Gasteiger partial charge is 0.496 e. The summed E-state index contributed by atoms with van der Waals surface area (Å²) in [6.45, 7) is 5.93. The second-order valence-corrected chi connectivity index (χ2v) is 7.18. The van der Waals surface area contributed by atoms with Gasteiger partial charge in [0.1, 0.15) is 18.0 Å². The zero-order chi connectivity index (χ0) is 19.8. The predicted octanol–water partition coefficient (Wildman–Crippen LogP) is 4.36. The van der Waals surface area contributed by atoms with Crippen LogP contribution in [0.5, 0.6) is 11.5 Å². The van der Waals surface area contributed by atoms with Gasteiger partial charge in [-0.1, -0.05) is 30.3 Å². The molecule has 0 saturated heterocycles. The first-order valence-electron chi connectivity index (χ1n) is 9.91. The van der Waals surface area contributed by atoms with E-state index < -0.39 is 0 Å². The van der Waals surface area contributed by atoms with Crippen molar-refractivity contribution in [1.82, 2.24) is 0 Å². The molecule has 1 heterocycles. The van der Waals surface area contributed by atoms with Crippen LogP contribution in [0.4, 0.5) is 0 Å². The van der Waals surface area contributed by atoms with E-state index in [0.717, 1.165) is 36.8 Å². The van der Waals surface area contributed by atoms with Gasteiger partial charge in [-0.25, -0.2) is 0 Å². The Labute approximate surface area is 167 Å². The van der Waals surface area contributed by atoms with Crippen molar-refractivity contribution >= 4 is 0 Å². The third-order valence-corrected chi connectivity index (χ3v) is 4.75. The third-order valence-electron chi connectivity index (χ3n) is 4.75. The molecule has 0 saturated carbocycles. The Bertz CT molecular complexity index is 825. The molecule has 3 rings (SSSR count). The Hall–Kier alpha value is -2.72. The Morgan fingerprint density at radius 3 is 2.43 bits per heavy atom. The van der Waals surface area contributed by atoms with Gasteiger partial charge in [-0.05, 0) is 49.7 Å². The second-order valence-electron chi connectivity index (χ2n) is 7.18. The van der Waals surface area contributed by atoms with Crippen molar-refractivity contribution in [1.29, 1.82) is 0 Å². The van der Waals surface area contributed by atoms with Gasteiger partial charge in [0.05, 0.1) is 26.0 Å². The first-order chi connectivity index (χ1) is 13.7. The van der Waals surface area contributed by atoms with Gasteiger partial charge in [0, 0.05) is 17.9 Å². The fourth-order valence-corrected chi connectivity index (χ4v) is 3.46. The Morgan fingerprint density at radius 1 is 0.964 bits per heavy atom. The molecule has 28 heavy (non-hydrogen) atoms.